The number of carbonyl (C=O) groups is 1. The second-order valence-electron chi connectivity index (χ2n) is 7.39. The fourth-order valence-corrected chi connectivity index (χ4v) is 3.93. The zero-order valence-electron chi connectivity index (χ0n) is 16.0. The van der Waals surface area contributed by atoms with Gasteiger partial charge in [0.15, 0.2) is 5.69 Å². The fraction of sp³-hybridized carbons (Fsp3) is 0.318. The number of aromatic nitrogens is 2. The number of rotatable bonds is 4. The number of piperidine rings is 1. The zero-order chi connectivity index (χ0) is 19.5. The monoisotopic (exact) mass is 376 g/mol. The highest BCUT2D eigenvalue weighted by atomic mass is 16.2. The summed E-state index contributed by atoms with van der Waals surface area (Å²) in [6, 6.07) is 17.8. The van der Waals surface area contributed by atoms with Gasteiger partial charge in [-0.15, -0.1) is 0 Å². The normalized spacial score (nSPS) is 17.2. The number of nitrogens with zero attached hydrogens (tertiary/aromatic N) is 3. The quantitative estimate of drug-likeness (QED) is 0.760. The van der Waals surface area contributed by atoms with E-state index in [0.29, 0.717) is 35.6 Å². The van der Waals surface area contributed by atoms with E-state index in [-0.39, 0.29) is 11.5 Å². The number of benzene rings is 2. The Labute approximate surface area is 163 Å². The molecule has 1 fully saturated rings. The molecule has 6 nitrogen and oxygen atoms in total. The van der Waals surface area contributed by atoms with E-state index in [9.17, 15) is 9.59 Å². The van der Waals surface area contributed by atoms with Crippen LogP contribution in [0.5, 0.6) is 0 Å². The molecule has 2 heterocycles. The standard InChI is InChI=1S/C22H24N4O2/c1-25(14-16-8-3-2-4-9-16)17-10-7-13-26(15-17)22(28)20-18-11-5-6-12-19(18)21(27)24-23-20/h2-6,8-9,11-12,17H,7,10,13-15H2,1H3,(H,24,27). The largest absolute Gasteiger partial charge is 0.336 e. The summed E-state index contributed by atoms with van der Waals surface area (Å²) in [7, 11) is 2.11. The molecular formula is C22H24N4O2. The third-order valence-electron chi connectivity index (χ3n) is 5.48. The van der Waals surface area contributed by atoms with Gasteiger partial charge >= 0.3 is 0 Å². The first-order valence-corrected chi connectivity index (χ1v) is 9.64. The van der Waals surface area contributed by atoms with Crippen LogP contribution < -0.4 is 5.56 Å². The maximum atomic E-state index is 13.2. The van der Waals surface area contributed by atoms with Crippen molar-refractivity contribution in [2.75, 3.05) is 20.1 Å². The van der Waals surface area contributed by atoms with Gasteiger partial charge in [0, 0.05) is 31.1 Å². The van der Waals surface area contributed by atoms with Crippen molar-refractivity contribution in [3.63, 3.8) is 0 Å². The number of amides is 1. The Balaban J connectivity index is 1.53. The van der Waals surface area contributed by atoms with Gasteiger partial charge in [0.05, 0.1) is 5.39 Å². The van der Waals surface area contributed by atoms with Crippen LogP contribution in [0.2, 0.25) is 0 Å². The van der Waals surface area contributed by atoms with Crippen molar-refractivity contribution in [3.8, 4) is 0 Å². The highest BCUT2D eigenvalue weighted by Gasteiger charge is 2.28. The van der Waals surface area contributed by atoms with Gasteiger partial charge in [-0.05, 0) is 31.5 Å². The maximum absolute atomic E-state index is 13.2. The Morgan fingerprint density at radius 1 is 1.14 bits per heavy atom. The van der Waals surface area contributed by atoms with Gasteiger partial charge in [-0.25, -0.2) is 5.10 Å². The first-order chi connectivity index (χ1) is 13.6. The second-order valence-corrected chi connectivity index (χ2v) is 7.39. The van der Waals surface area contributed by atoms with Crippen molar-refractivity contribution in [2.24, 2.45) is 0 Å². The van der Waals surface area contributed by atoms with Crippen LogP contribution in [0, 0.1) is 0 Å². The molecule has 6 heteroatoms. The minimum atomic E-state index is -0.272. The Bertz CT molecular complexity index is 1030. The number of H-pyrrole nitrogens is 1. The van der Waals surface area contributed by atoms with Gasteiger partial charge in [0.25, 0.3) is 11.5 Å². The molecule has 1 unspecified atom stereocenters. The average molecular weight is 376 g/mol. The van der Waals surface area contributed by atoms with E-state index in [0.717, 1.165) is 19.4 Å². The van der Waals surface area contributed by atoms with Crippen LogP contribution in [0.1, 0.15) is 28.9 Å². The molecule has 1 aliphatic rings. The van der Waals surface area contributed by atoms with E-state index in [1.54, 1.807) is 18.2 Å². The Morgan fingerprint density at radius 3 is 2.64 bits per heavy atom. The lowest BCUT2D eigenvalue weighted by Crippen LogP contribution is -2.48. The van der Waals surface area contributed by atoms with Crippen LogP contribution in [0.25, 0.3) is 10.8 Å². The summed E-state index contributed by atoms with van der Waals surface area (Å²) in [5, 5.41) is 7.65. The summed E-state index contributed by atoms with van der Waals surface area (Å²) in [6.45, 7) is 2.23. The van der Waals surface area contributed by atoms with Crippen molar-refractivity contribution in [3.05, 3.63) is 76.2 Å². The van der Waals surface area contributed by atoms with Crippen LogP contribution in [-0.2, 0) is 6.54 Å². The predicted octanol–water partition coefficient (Wildman–Crippen LogP) is 2.66. The first kappa shape index (κ1) is 18.4. The summed E-state index contributed by atoms with van der Waals surface area (Å²) in [5.41, 5.74) is 1.31. The lowest BCUT2D eigenvalue weighted by Gasteiger charge is -2.37. The highest BCUT2D eigenvalue weighted by molar-refractivity contribution is 6.04. The van der Waals surface area contributed by atoms with Crippen LogP contribution in [-0.4, -0.2) is 52.1 Å². The van der Waals surface area contributed by atoms with Gasteiger partial charge in [0.1, 0.15) is 0 Å². The molecule has 1 atom stereocenters. The van der Waals surface area contributed by atoms with Crippen molar-refractivity contribution >= 4 is 16.7 Å². The second kappa shape index (κ2) is 7.94. The molecule has 0 radical (unpaired) electrons. The molecule has 0 saturated carbocycles. The van der Waals surface area contributed by atoms with Gasteiger partial charge < -0.3 is 4.90 Å². The van der Waals surface area contributed by atoms with E-state index >= 15 is 0 Å². The minimum Gasteiger partial charge on any atom is -0.336 e. The summed E-state index contributed by atoms with van der Waals surface area (Å²) >= 11 is 0. The molecule has 0 aliphatic carbocycles. The lowest BCUT2D eigenvalue weighted by atomic mass is 10.0. The molecule has 1 N–H and O–H groups in total. The third kappa shape index (κ3) is 3.68. The molecule has 1 aromatic heterocycles. The number of carbonyl (C=O) groups excluding carboxylic acids is 1. The van der Waals surface area contributed by atoms with Crippen molar-refractivity contribution in [2.45, 2.75) is 25.4 Å². The molecule has 1 saturated heterocycles. The summed E-state index contributed by atoms with van der Waals surface area (Å²) in [4.78, 5) is 29.3. The minimum absolute atomic E-state index is 0.120. The van der Waals surface area contributed by atoms with Crippen LogP contribution >= 0.6 is 0 Å². The number of aromatic amines is 1. The number of hydrogen-bond acceptors (Lipinski definition) is 4. The Morgan fingerprint density at radius 2 is 1.86 bits per heavy atom. The van der Waals surface area contributed by atoms with Crippen LogP contribution in [0.3, 0.4) is 0 Å². The molecule has 4 rings (SSSR count). The molecule has 28 heavy (non-hydrogen) atoms. The predicted molar refractivity (Wildman–Crippen MR) is 109 cm³/mol. The number of nitrogens with one attached hydrogen (secondary N) is 1. The van der Waals surface area contributed by atoms with E-state index in [1.807, 2.05) is 29.2 Å². The van der Waals surface area contributed by atoms with Gasteiger partial charge in [-0.1, -0.05) is 48.5 Å². The maximum Gasteiger partial charge on any atom is 0.274 e. The highest BCUT2D eigenvalue weighted by Crippen LogP contribution is 2.20. The molecule has 0 spiro atoms. The molecule has 144 valence electrons. The van der Waals surface area contributed by atoms with Crippen LogP contribution in [0.4, 0.5) is 0 Å². The summed E-state index contributed by atoms with van der Waals surface area (Å²) < 4.78 is 0. The fourth-order valence-electron chi connectivity index (χ4n) is 3.93. The van der Waals surface area contributed by atoms with Crippen molar-refractivity contribution in [1.82, 2.24) is 20.0 Å². The lowest BCUT2D eigenvalue weighted by molar-refractivity contribution is 0.0597. The first-order valence-electron chi connectivity index (χ1n) is 9.64. The summed E-state index contributed by atoms with van der Waals surface area (Å²) in [6.07, 6.45) is 2.02. The van der Waals surface area contributed by atoms with E-state index in [2.05, 4.69) is 34.3 Å². The number of likely N-dealkylation sites (tertiary alicyclic amines) is 1. The molecular weight excluding hydrogens is 352 g/mol. The van der Waals surface area contributed by atoms with E-state index in [1.165, 1.54) is 5.56 Å². The topological polar surface area (TPSA) is 69.3 Å². The number of hydrogen-bond donors (Lipinski definition) is 1. The van der Waals surface area contributed by atoms with Crippen LogP contribution in [0.15, 0.2) is 59.4 Å². The number of likely N-dealkylation sites (N-methyl/N-ethyl adjacent to an activating group) is 1. The molecule has 3 aromatic rings. The number of fused-ring (bicyclic) bond motifs is 1. The molecule has 0 bridgehead atoms. The smallest absolute Gasteiger partial charge is 0.274 e. The van der Waals surface area contributed by atoms with Gasteiger partial charge in [-0.3, -0.25) is 14.5 Å². The van der Waals surface area contributed by atoms with Gasteiger partial charge in [0.2, 0.25) is 0 Å². The summed E-state index contributed by atoms with van der Waals surface area (Å²) in [5.74, 6) is -0.120. The zero-order valence-corrected chi connectivity index (χ0v) is 16.0. The third-order valence-corrected chi connectivity index (χ3v) is 5.48. The van der Waals surface area contributed by atoms with Crippen molar-refractivity contribution < 1.29 is 4.79 Å². The van der Waals surface area contributed by atoms with Crippen molar-refractivity contribution in [1.29, 1.82) is 0 Å². The Hall–Kier alpha value is -2.99. The Kier molecular flexibility index (Phi) is 5.21. The van der Waals surface area contributed by atoms with E-state index < -0.39 is 0 Å². The molecule has 2 aromatic carbocycles. The SMILES string of the molecule is CN(Cc1ccccc1)C1CCCN(C(=O)c2n[nH]c(=O)c3ccccc23)C1. The average Bonchev–Trinajstić information content (AvgIpc) is 2.74. The van der Waals surface area contributed by atoms with Gasteiger partial charge in [-0.2, -0.15) is 5.10 Å². The molecule has 1 amide bonds. The molecule has 1 aliphatic heterocycles. The van der Waals surface area contributed by atoms with E-state index in [4.69, 9.17) is 0 Å².